The number of fused-ring (bicyclic) bond motifs is 1. The molecule has 3 atom stereocenters. The first kappa shape index (κ1) is 15.8. The normalized spacial score (nSPS) is 30.8. The van der Waals surface area contributed by atoms with Gasteiger partial charge in [0, 0.05) is 13.1 Å². The molecular weight excluding hydrogens is 302 g/mol. The van der Waals surface area contributed by atoms with E-state index in [1.54, 1.807) is 0 Å². The monoisotopic (exact) mass is 323 g/mol. The highest BCUT2D eigenvalue weighted by atomic mass is 16.4. The summed E-state index contributed by atoms with van der Waals surface area (Å²) in [6, 6.07) is -1.43. The predicted octanol–water partition coefficient (Wildman–Crippen LogP) is 0.125. The molecule has 0 bridgehead atoms. The number of amides is 4. The summed E-state index contributed by atoms with van der Waals surface area (Å²) < 4.78 is 0. The number of likely N-dealkylation sites (tertiary alicyclic amines) is 1. The molecule has 2 heterocycles. The van der Waals surface area contributed by atoms with Gasteiger partial charge in [0.1, 0.15) is 19.1 Å². The second kappa shape index (κ2) is 5.82. The Balaban J connectivity index is 1.77. The van der Waals surface area contributed by atoms with E-state index in [1.807, 2.05) is 0 Å². The van der Waals surface area contributed by atoms with Gasteiger partial charge in [0.25, 0.3) is 5.91 Å². The molecule has 3 aliphatic rings. The molecule has 126 valence electrons. The fourth-order valence-corrected chi connectivity index (χ4v) is 4.08. The first-order chi connectivity index (χ1) is 10.9. The lowest BCUT2D eigenvalue weighted by molar-refractivity contribution is -0.150. The fraction of sp³-hybridized carbons (Fsp3) is 0.733. The molecule has 2 aliphatic heterocycles. The number of carbonyl (C=O) groups is 4. The number of carboxylic acids is 1. The van der Waals surface area contributed by atoms with E-state index in [2.05, 4.69) is 0 Å². The lowest BCUT2D eigenvalue weighted by Gasteiger charge is -2.33. The number of urea groups is 1. The summed E-state index contributed by atoms with van der Waals surface area (Å²) in [6.45, 7) is -0.407. The van der Waals surface area contributed by atoms with Crippen LogP contribution in [-0.4, -0.2) is 75.8 Å². The molecule has 1 aliphatic carbocycles. The molecule has 8 nitrogen and oxygen atoms in total. The van der Waals surface area contributed by atoms with Crippen molar-refractivity contribution in [2.45, 2.75) is 44.2 Å². The lowest BCUT2D eigenvalue weighted by Crippen LogP contribution is -2.51. The average molecular weight is 323 g/mol. The van der Waals surface area contributed by atoms with Crippen LogP contribution in [0, 0.1) is 5.92 Å². The van der Waals surface area contributed by atoms with Crippen LogP contribution >= 0.6 is 0 Å². The van der Waals surface area contributed by atoms with Crippen LogP contribution in [0.15, 0.2) is 0 Å². The van der Waals surface area contributed by atoms with Gasteiger partial charge in [0.05, 0.1) is 0 Å². The number of imide groups is 1. The third kappa shape index (κ3) is 2.66. The lowest BCUT2D eigenvalue weighted by atomic mass is 9.85. The van der Waals surface area contributed by atoms with Gasteiger partial charge >= 0.3 is 12.0 Å². The van der Waals surface area contributed by atoms with Crippen molar-refractivity contribution in [2.75, 3.05) is 20.1 Å². The Morgan fingerprint density at radius 1 is 1.22 bits per heavy atom. The molecule has 0 spiro atoms. The minimum Gasteiger partial charge on any atom is -0.480 e. The summed E-state index contributed by atoms with van der Waals surface area (Å²) in [4.78, 5) is 51.5. The van der Waals surface area contributed by atoms with Crippen molar-refractivity contribution >= 4 is 23.8 Å². The van der Waals surface area contributed by atoms with E-state index < -0.39 is 29.9 Å². The van der Waals surface area contributed by atoms with E-state index in [0.717, 1.165) is 30.6 Å². The second-order valence-electron chi connectivity index (χ2n) is 6.62. The van der Waals surface area contributed by atoms with Crippen molar-refractivity contribution in [3.8, 4) is 0 Å². The van der Waals surface area contributed by atoms with Gasteiger partial charge in [-0.05, 0) is 25.2 Å². The van der Waals surface area contributed by atoms with Gasteiger partial charge in [-0.15, -0.1) is 0 Å². The van der Waals surface area contributed by atoms with Gasteiger partial charge in [-0.25, -0.2) is 9.59 Å². The van der Waals surface area contributed by atoms with E-state index in [-0.39, 0.29) is 25.0 Å². The molecule has 0 aromatic rings. The molecule has 1 N–H and O–H groups in total. The van der Waals surface area contributed by atoms with Crippen LogP contribution < -0.4 is 0 Å². The first-order valence-electron chi connectivity index (χ1n) is 7.99. The minimum absolute atomic E-state index is 0.0411. The van der Waals surface area contributed by atoms with Gasteiger partial charge in [-0.2, -0.15) is 0 Å². The van der Waals surface area contributed by atoms with Gasteiger partial charge in [0.2, 0.25) is 5.91 Å². The van der Waals surface area contributed by atoms with E-state index in [4.69, 9.17) is 0 Å². The quantitative estimate of drug-likeness (QED) is 0.744. The highest BCUT2D eigenvalue weighted by molar-refractivity contribution is 6.04. The molecule has 3 rings (SSSR count). The molecule has 2 saturated heterocycles. The Hall–Kier alpha value is -2.12. The average Bonchev–Trinajstić information content (AvgIpc) is 3.00. The zero-order chi connectivity index (χ0) is 16.7. The van der Waals surface area contributed by atoms with Crippen LogP contribution in [0.3, 0.4) is 0 Å². The molecule has 0 unspecified atom stereocenters. The summed E-state index contributed by atoms with van der Waals surface area (Å²) in [5.74, 6) is -1.66. The molecule has 0 radical (unpaired) electrons. The maximum atomic E-state index is 12.7. The zero-order valence-electron chi connectivity index (χ0n) is 13.1. The Kier molecular flexibility index (Phi) is 3.99. The molecule has 0 aromatic heterocycles. The topological polar surface area (TPSA) is 98.2 Å². The van der Waals surface area contributed by atoms with E-state index in [0.29, 0.717) is 6.42 Å². The molecule has 1 saturated carbocycles. The number of carboxylic acid groups (broad SMARTS) is 1. The largest absolute Gasteiger partial charge is 0.480 e. The summed E-state index contributed by atoms with van der Waals surface area (Å²) in [5.41, 5.74) is 0. The van der Waals surface area contributed by atoms with Crippen LogP contribution in [0.2, 0.25) is 0 Å². The van der Waals surface area contributed by atoms with Crippen LogP contribution in [0.5, 0.6) is 0 Å². The molecule has 3 fully saturated rings. The fourth-order valence-electron chi connectivity index (χ4n) is 4.08. The van der Waals surface area contributed by atoms with E-state index >= 15 is 0 Å². The Labute approximate surface area is 134 Å². The maximum Gasteiger partial charge on any atom is 0.327 e. The van der Waals surface area contributed by atoms with Gasteiger partial charge in [-0.3, -0.25) is 14.5 Å². The van der Waals surface area contributed by atoms with Crippen molar-refractivity contribution in [2.24, 2.45) is 5.92 Å². The highest BCUT2D eigenvalue weighted by Gasteiger charge is 2.48. The van der Waals surface area contributed by atoms with Crippen LogP contribution in [0.25, 0.3) is 0 Å². The van der Waals surface area contributed by atoms with Crippen molar-refractivity contribution in [3.05, 3.63) is 0 Å². The number of nitrogens with zero attached hydrogens (tertiary/aromatic N) is 3. The standard InChI is InChI=1S/C15H21N3O5/c1-16-7-12(19)17(15(16)23)8-13(20)18-10-5-3-2-4-9(10)6-11(18)14(21)22/h9-11H,2-8H2,1H3,(H,21,22)/t9-,10-,11+/m1/s1. The number of carbonyl (C=O) groups excluding carboxylic acids is 3. The Bertz CT molecular complexity index is 563. The SMILES string of the molecule is CN1CC(=O)N(CC(=O)N2[C@@H]3CCCC[C@@H]3C[C@H]2C(=O)O)C1=O. The van der Waals surface area contributed by atoms with Crippen molar-refractivity contribution < 1.29 is 24.3 Å². The van der Waals surface area contributed by atoms with Gasteiger partial charge in [-0.1, -0.05) is 12.8 Å². The predicted molar refractivity (Wildman–Crippen MR) is 78.4 cm³/mol. The number of rotatable bonds is 3. The number of hydrogen-bond donors (Lipinski definition) is 1. The summed E-state index contributed by atoms with van der Waals surface area (Å²) in [7, 11) is 1.50. The van der Waals surface area contributed by atoms with Crippen molar-refractivity contribution in [1.82, 2.24) is 14.7 Å². The summed E-state index contributed by atoms with van der Waals surface area (Å²) in [6.07, 6.45) is 4.23. The van der Waals surface area contributed by atoms with Crippen LogP contribution in [0.1, 0.15) is 32.1 Å². The van der Waals surface area contributed by atoms with Gasteiger partial charge in [0.15, 0.2) is 0 Å². The third-order valence-electron chi connectivity index (χ3n) is 5.19. The van der Waals surface area contributed by atoms with E-state index in [9.17, 15) is 24.3 Å². The molecular formula is C15H21N3O5. The third-order valence-corrected chi connectivity index (χ3v) is 5.19. The molecule has 0 aromatic carbocycles. The number of aliphatic carboxylic acids is 1. The maximum absolute atomic E-state index is 12.7. The van der Waals surface area contributed by atoms with Crippen molar-refractivity contribution in [1.29, 1.82) is 0 Å². The smallest absolute Gasteiger partial charge is 0.327 e. The van der Waals surface area contributed by atoms with Crippen LogP contribution in [0.4, 0.5) is 4.79 Å². The Morgan fingerprint density at radius 2 is 1.91 bits per heavy atom. The Morgan fingerprint density at radius 3 is 2.52 bits per heavy atom. The number of likely N-dealkylation sites (N-methyl/N-ethyl adjacent to an activating group) is 1. The van der Waals surface area contributed by atoms with E-state index in [1.165, 1.54) is 16.8 Å². The van der Waals surface area contributed by atoms with Crippen molar-refractivity contribution in [3.63, 3.8) is 0 Å². The molecule has 23 heavy (non-hydrogen) atoms. The first-order valence-corrected chi connectivity index (χ1v) is 7.99. The van der Waals surface area contributed by atoms with Crippen LogP contribution in [-0.2, 0) is 14.4 Å². The molecule has 4 amide bonds. The molecule has 8 heteroatoms. The summed E-state index contributed by atoms with van der Waals surface area (Å²) in [5, 5.41) is 9.44. The van der Waals surface area contributed by atoms with Gasteiger partial charge < -0.3 is 14.9 Å². The summed E-state index contributed by atoms with van der Waals surface area (Å²) >= 11 is 0. The highest BCUT2D eigenvalue weighted by Crippen LogP contribution is 2.39. The number of hydrogen-bond acceptors (Lipinski definition) is 4. The zero-order valence-corrected chi connectivity index (χ0v) is 13.1. The second-order valence-corrected chi connectivity index (χ2v) is 6.62. The minimum atomic E-state index is -1.01.